The predicted molar refractivity (Wildman–Crippen MR) is 83.4 cm³/mol. The van der Waals surface area contributed by atoms with Crippen LogP contribution < -0.4 is 0 Å². The molecule has 0 fully saturated rings. The third-order valence-electron chi connectivity index (χ3n) is 3.48. The molecule has 8 heteroatoms. The number of nitrogens with one attached hydrogen (secondary N) is 1. The van der Waals surface area contributed by atoms with Crippen molar-refractivity contribution in [1.29, 1.82) is 0 Å². The van der Waals surface area contributed by atoms with Gasteiger partial charge in [-0.05, 0) is 12.5 Å². The molecule has 0 saturated carbocycles. The second-order valence-electron chi connectivity index (χ2n) is 4.93. The number of fused-ring (bicyclic) bond motifs is 1. The zero-order valence-corrected chi connectivity index (χ0v) is 12.8. The molecular weight excluding hydrogens is 324 g/mol. The van der Waals surface area contributed by atoms with Crippen molar-refractivity contribution in [2.45, 2.75) is 17.8 Å². The fourth-order valence-corrected chi connectivity index (χ4v) is 3.17. The van der Waals surface area contributed by atoms with E-state index in [1.54, 1.807) is 19.1 Å². The average Bonchev–Trinajstić information content (AvgIpc) is 2.88. The predicted octanol–water partition coefficient (Wildman–Crippen LogP) is 4.35. The van der Waals surface area contributed by atoms with Crippen LogP contribution in [-0.2, 0) is 5.75 Å². The molecule has 0 bridgehead atoms. The summed E-state index contributed by atoms with van der Waals surface area (Å²) in [6, 6.07) is 6.97. The summed E-state index contributed by atoms with van der Waals surface area (Å²) in [5, 5.41) is 11.4. The Bertz CT molecular complexity index is 872. The van der Waals surface area contributed by atoms with Crippen LogP contribution in [0.4, 0.5) is 14.5 Å². The van der Waals surface area contributed by atoms with Crippen LogP contribution in [0.3, 0.4) is 0 Å². The van der Waals surface area contributed by atoms with E-state index in [2.05, 4.69) is 9.97 Å². The first-order valence-electron chi connectivity index (χ1n) is 6.66. The van der Waals surface area contributed by atoms with Crippen molar-refractivity contribution in [3.63, 3.8) is 0 Å². The monoisotopic (exact) mass is 335 g/mol. The number of hydrogen-bond acceptors (Lipinski definition) is 4. The van der Waals surface area contributed by atoms with Gasteiger partial charge in [-0.15, -0.1) is 0 Å². The number of nitro benzene ring substituents is 1. The highest BCUT2D eigenvalue weighted by molar-refractivity contribution is 7.98. The van der Waals surface area contributed by atoms with Crippen molar-refractivity contribution < 1.29 is 13.7 Å². The van der Waals surface area contributed by atoms with Gasteiger partial charge in [0.25, 0.3) is 5.69 Å². The quantitative estimate of drug-likeness (QED) is 0.437. The van der Waals surface area contributed by atoms with Crippen LogP contribution in [0.1, 0.15) is 11.1 Å². The number of imidazole rings is 1. The Hall–Kier alpha value is -2.48. The van der Waals surface area contributed by atoms with E-state index in [9.17, 15) is 18.9 Å². The van der Waals surface area contributed by atoms with Crippen LogP contribution in [0.5, 0.6) is 0 Å². The maximum absolute atomic E-state index is 13.2. The fraction of sp³-hybridized carbons (Fsp3) is 0.133. The first-order chi connectivity index (χ1) is 11.0. The number of thioether (sulfide) groups is 1. The smallest absolute Gasteiger partial charge is 0.272 e. The summed E-state index contributed by atoms with van der Waals surface area (Å²) in [5.74, 6) is -1.43. The van der Waals surface area contributed by atoms with Gasteiger partial charge in [0.1, 0.15) is 0 Å². The van der Waals surface area contributed by atoms with Crippen LogP contribution in [0.25, 0.3) is 11.0 Å². The minimum absolute atomic E-state index is 0.0665. The van der Waals surface area contributed by atoms with Crippen molar-refractivity contribution in [2.24, 2.45) is 0 Å². The number of nitrogens with zero attached hydrogens (tertiary/aromatic N) is 2. The lowest BCUT2D eigenvalue weighted by Gasteiger charge is -2.04. The molecule has 0 aliphatic heterocycles. The Labute approximate surface area is 133 Å². The summed E-state index contributed by atoms with van der Waals surface area (Å²) in [6.45, 7) is 1.69. The molecule has 0 radical (unpaired) electrons. The number of benzene rings is 2. The van der Waals surface area contributed by atoms with E-state index in [1.165, 1.54) is 17.8 Å². The molecule has 23 heavy (non-hydrogen) atoms. The van der Waals surface area contributed by atoms with Crippen molar-refractivity contribution in [3.8, 4) is 0 Å². The Morgan fingerprint density at radius 3 is 2.78 bits per heavy atom. The third-order valence-corrected chi connectivity index (χ3v) is 4.40. The molecule has 1 aromatic heterocycles. The number of nitro groups is 1. The van der Waals surface area contributed by atoms with E-state index in [0.717, 1.165) is 17.7 Å². The molecule has 118 valence electrons. The first kappa shape index (κ1) is 15.4. The lowest BCUT2D eigenvalue weighted by Crippen LogP contribution is -1.95. The first-order valence-corrected chi connectivity index (χ1v) is 7.64. The van der Waals surface area contributed by atoms with Gasteiger partial charge >= 0.3 is 0 Å². The number of aromatic amines is 1. The second-order valence-corrected chi connectivity index (χ2v) is 5.90. The lowest BCUT2D eigenvalue weighted by atomic mass is 10.1. The van der Waals surface area contributed by atoms with Crippen LogP contribution in [0.2, 0.25) is 0 Å². The fourth-order valence-electron chi connectivity index (χ4n) is 2.22. The molecule has 0 atom stereocenters. The van der Waals surface area contributed by atoms with Crippen molar-refractivity contribution in [1.82, 2.24) is 9.97 Å². The molecular formula is C15H11F2N3O2S. The van der Waals surface area contributed by atoms with Gasteiger partial charge in [0.2, 0.25) is 0 Å². The molecule has 1 N–H and O–H groups in total. The van der Waals surface area contributed by atoms with Crippen LogP contribution in [0.15, 0.2) is 35.5 Å². The molecule has 0 aliphatic carbocycles. The SMILES string of the molecule is Cc1c(CSc2nc3cc(F)c(F)cc3[nH]2)cccc1[N+](=O)[O-]. The molecule has 0 unspecified atom stereocenters. The Kier molecular flexibility index (Phi) is 3.99. The van der Waals surface area contributed by atoms with Crippen LogP contribution in [0, 0.1) is 28.7 Å². The van der Waals surface area contributed by atoms with Gasteiger partial charge in [0.15, 0.2) is 16.8 Å². The highest BCUT2D eigenvalue weighted by Gasteiger charge is 2.14. The van der Waals surface area contributed by atoms with E-state index in [0.29, 0.717) is 27.5 Å². The molecule has 0 aliphatic rings. The number of H-pyrrole nitrogens is 1. The zero-order chi connectivity index (χ0) is 16.6. The van der Waals surface area contributed by atoms with Gasteiger partial charge in [-0.3, -0.25) is 10.1 Å². The molecule has 0 amide bonds. The molecule has 3 rings (SSSR count). The second kappa shape index (κ2) is 5.96. The Morgan fingerprint density at radius 1 is 1.30 bits per heavy atom. The van der Waals surface area contributed by atoms with E-state index in [1.807, 2.05) is 0 Å². The highest BCUT2D eigenvalue weighted by Crippen LogP contribution is 2.28. The third kappa shape index (κ3) is 3.02. The maximum atomic E-state index is 13.2. The molecule has 1 heterocycles. The van der Waals surface area contributed by atoms with Gasteiger partial charge in [0, 0.05) is 29.5 Å². The Balaban J connectivity index is 1.84. The standard InChI is InChI=1S/C15H11F2N3O2S/c1-8-9(3-2-4-14(8)20(21)22)7-23-15-18-12-5-10(16)11(17)6-13(12)19-15/h2-6H,7H2,1H3,(H,18,19). The van der Waals surface area contributed by atoms with E-state index >= 15 is 0 Å². The van der Waals surface area contributed by atoms with E-state index < -0.39 is 16.6 Å². The summed E-state index contributed by atoms with van der Waals surface area (Å²) in [6.07, 6.45) is 0. The number of aromatic nitrogens is 2. The number of rotatable bonds is 4. The van der Waals surface area contributed by atoms with E-state index in [4.69, 9.17) is 0 Å². The topological polar surface area (TPSA) is 71.8 Å². The van der Waals surface area contributed by atoms with Gasteiger partial charge in [-0.1, -0.05) is 23.9 Å². The van der Waals surface area contributed by atoms with Crippen LogP contribution >= 0.6 is 11.8 Å². The molecule has 5 nitrogen and oxygen atoms in total. The average molecular weight is 335 g/mol. The van der Waals surface area contributed by atoms with Crippen molar-refractivity contribution >= 4 is 28.5 Å². The van der Waals surface area contributed by atoms with Gasteiger partial charge in [0.05, 0.1) is 16.0 Å². The largest absolute Gasteiger partial charge is 0.333 e. The van der Waals surface area contributed by atoms with Crippen LogP contribution in [-0.4, -0.2) is 14.9 Å². The zero-order valence-electron chi connectivity index (χ0n) is 12.0. The molecule has 0 spiro atoms. The highest BCUT2D eigenvalue weighted by atomic mass is 32.2. The minimum Gasteiger partial charge on any atom is -0.333 e. The summed E-state index contributed by atoms with van der Waals surface area (Å²) in [7, 11) is 0. The molecule has 3 aromatic rings. The van der Waals surface area contributed by atoms with Crippen molar-refractivity contribution in [3.05, 3.63) is 63.2 Å². The summed E-state index contributed by atoms with van der Waals surface area (Å²) in [5.41, 5.74) is 2.21. The van der Waals surface area contributed by atoms with Gasteiger partial charge in [-0.25, -0.2) is 13.8 Å². The summed E-state index contributed by atoms with van der Waals surface area (Å²) < 4.78 is 26.4. The number of halogens is 2. The molecule has 2 aromatic carbocycles. The van der Waals surface area contributed by atoms with E-state index in [-0.39, 0.29) is 5.69 Å². The van der Waals surface area contributed by atoms with Gasteiger partial charge < -0.3 is 4.98 Å². The molecule has 0 saturated heterocycles. The number of hydrogen-bond donors (Lipinski definition) is 1. The normalized spacial score (nSPS) is 11.1. The Morgan fingerprint density at radius 2 is 2.04 bits per heavy atom. The summed E-state index contributed by atoms with van der Waals surface area (Å²) in [4.78, 5) is 17.6. The minimum atomic E-state index is -0.949. The summed E-state index contributed by atoms with van der Waals surface area (Å²) >= 11 is 1.31. The van der Waals surface area contributed by atoms with Gasteiger partial charge in [-0.2, -0.15) is 0 Å². The lowest BCUT2D eigenvalue weighted by molar-refractivity contribution is -0.385. The van der Waals surface area contributed by atoms with Crippen molar-refractivity contribution in [2.75, 3.05) is 0 Å². The maximum Gasteiger partial charge on any atom is 0.272 e.